The van der Waals surface area contributed by atoms with Crippen molar-refractivity contribution in [1.29, 1.82) is 5.26 Å². The molecule has 2 atom stereocenters. The average molecular weight is 415 g/mol. The first-order valence-corrected chi connectivity index (χ1v) is 11.6. The number of nitrogens with zero attached hydrogens (tertiary/aromatic N) is 3. The van der Waals surface area contributed by atoms with Crippen LogP contribution in [0.15, 0.2) is 48.5 Å². The fourth-order valence-electron chi connectivity index (χ4n) is 5.61. The number of fused-ring (bicyclic) bond motifs is 2. The molecule has 1 amide bonds. The van der Waals surface area contributed by atoms with Crippen molar-refractivity contribution in [2.24, 2.45) is 0 Å². The van der Waals surface area contributed by atoms with E-state index in [4.69, 9.17) is 0 Å². The molecule has 31 heavy (non-hydrogen) atoms. The highest BCUT2D eigenvalue weighted by Crippen LogP contribution is 2.38. The van der Waals surface area contributed by atoms with E-state index in [9.17, 15) is 10.1 Å². The highest BCUT2D eigenvalue weighted by Gasteiger charge is 2.34. The topological polar surface area (TPSA) is 59.4 Å². The van der Waals surface area contributed by atoms with E-state index in [1.54, 1.807) is 4.90 Å². The van der Waals surface area contributed by atoms with Gasteiger partial charge >= 0.3 is 0 Å². The Hall–Kier alpha value is -2.68. The summed E-state index contributed by atoms with van der Waals surface area (Å²) >= 11 is 0. The van der Waals surface area contributed by atoms with Crippen LogP contribution >= 0.6 is 0 Å². The molecule has 2 aromatic carbocycles. The van der Waals surface area contributed by atoms with E-state index >= 15 is 0 Å². The first-order valence-electron chi connectivity index (χ1n) is 11.6. The first-order chi connectivity index (χ1) is 15.2. The molecule has 160 valence electrons. The lowest BCUT2D eigenvalue weighted by molar-refractivity contribution is -0.130. The van der Waals surface area contributed by atoms with Crippen LogP contribution < -0.4 is 5.32 Å². The maximum Gasteiger partial charge on any atom is 0.237 e. The lowest BCUT2D eigenvalue weighted by atomic mass is 9.93. The fraction of sp³-hybridized carbons (Fsp3) is 0.462. The molecule has 0 radical (unpaired) electrons. The summed E-state index contributed by atoms with van der Waals surface area (Å²) in [5, 5.41) is 12.7. The van der Waals surface area contributed by atoms with Crippen LogP contribution in [0.1, 0.15) is 47.6 Å². The van der Waals surface area contributed by atoms with Gasteiger partial charge in [0.2, 0.25) is 5.91 Å². The summed E-state index contributed by atoms with van der Waals surface area (Å²) in [5.74, 6) is 0.0626. The Kier molecular flexibility index (Phi) is 5.76. The molecule has 5 heteroatoms. The summed E-state index contributed by atoms with van der Waals surface area (Å²) in [5.41, 5.74) is 5.76. The predicted molar refractivity (Wildman–Crippen MR) is 120 cm³/mol. The maximum atomic E-state index is 12.6. The Morgan fingerprint density at radius 1 is 1.00 bits per heavy atom. The Labute approximate surface area is 184 Å². The summed E-state index contributed by atoms with van der Waals surface area (Å²) in [6, 6.07) is 20.4. The van der Waals surface area contributed by atoms with E-state index in [-0.39, 0.29) is 18.0 Å². The number of rotatable bonds is 4. The van der Waals surface area contributed by atoms with Gasteiger partial charge in [0, 0.05) is 25.7 Å². The molecule has 1 aliphatic carbocycles. The van der Waals surface area contributed by atoms with E-state index in [1.165, 1.54) is 22.3 Å². The van der Waals surface area contributed by atoms with Crippen LogP contribution in [0.25, 0.3) is 0 Å². The van der Waals surface area contributed by atoms with Gasteiger partial charge in [0.15, 0.2) is 0 Å². The van der Waals surface area contributed by atoms with Gasteiger partial charge in [-0.2, -0.15) is 5.26 Å². The van der Waals surface area contributed by atoms with E-state index in [0.29, 0.717) is 19.1 Å². The maximum absolute atomic E-state index is 12.6. The number of nitriles is 1. The molecule has 2 heterocycles. The number of amides is 1. The van der Waals surface area contributed by atoms with Gasteiger partial charge in [-0.05, 0) is 54.4 Å². The van der Waals surface area contributed by atoms with E-state index in [2.05, 4.69) is 64.8 Å². The van der Waals surface area contributed by atoms with Gasteiger partial charge in [-0.1, -0.05) is 48.5 Å². The number of carbonyl (C=O) groups excluding carboxylic acids is 1. The van der Waals surface area contributed by atoms with Crippen LogP contribution in [-0.2, 0) is 17.6 Å². The van der Waals surface area contributed by atoms with Crippen molar-refractivity contribution in [1.82, 2.24) is 15.1 Å². The van der Waals surface area contributed by atoms with Gasteiger partial charge in [0.25, 0.3) is 0 Å². The van der Waals surface area contributed by atoms with Gasteiger partial charge in [0.05, 0.1) is 18.7 Å². The Morgan fingerprint density at radius 3 is 2.35 bits per heavy atom. The highest BCUT2D eigenvalue weighted by molar-refractivity contribution is 5.79. The molecule has 0 spiro atoms. The lowest BCUT2D eigenvalue weighted by Crippen LogP contribution is -2.44. The van der Waals surface area contributed by atoms with Crippen LogP contribution in [0.5, 0.6) is 0 Å². The second-order valence-corrected chi connectivity index (χ2v) is 9.04. The van der Waals surface area contributed by atoms with Gasteiger partial charge in [-0.3, -0.25) is 9.69 Å². The molecule has 3 aliphatic rings. The SMILES string of the molecule is N#C[C@@H]1CCCN1C(=O)CNC1CCN(C2c3ccccc3CCc3ccccc32)C1. The first kappa shape index (κ1) is 20.2. The molecule has 5 nitrogen and oxygen atoms in total. The summed E-state index contributed by atoms with van der Waals surface area (Å²) in [4.78, 5) is 17.0. The minimum Gasteiger partial charge on any atom is -0.326 e. The molecular formula is C26H30N4O. The van der Waals surface area contributed by atoms with Crippen molar-refractivity contribution in [2.45, 2.75) is 50.2 Å². The molecule has 2 aromatic rings. The molecule has 0 aromatic heterocycles. The van der Waals surface area contributed by atoms with Crippen LogP contribution in [-0.4, -0.2) is 54.0 Å². The number of hydrogen-bond donors (Lipinski definition) is 1. The largest absolute Gasteiger partial charge is 0.326 e. The predicted octanol–water partition coefficient (Wildman–Crippen LogP) is 3.05. The van der Waals surface area contributed by atoms with Crippen molar-refractivity contribution in [3.05, 3.63) is 70.8 Å². The van der Waals surface area contributed by atoms with Crippen LogP contribution in [0.3, 0.4) is 0 Å². The number of benzene rings is 2. The molecule has 0 saturated carbocycles. The fourth-order valence-corrected chi connectivity index (χ4v) is 5.61. The third-order valence-corrected chi connectivity index (χ3v) is 7.21. The van der Waals surface area contributed by atoms with E-state index < -0.39 is 0 Å². The zero-order valence-corrected chi connectivity index (χ0v) is 18.0. The molecule has 5 rings (SSSR count). The van der Waals surface area contributed by atoms with Crippen molar-refractivity contribution in [2.75, 3.05) is 26.2 Å². The minimum absolute atomic E-state index is 0.0626. The number of carbonyl (C=O) groups is 1. The number of likely N-dealkylation sites (tertiary alicyclic amines) is 2. The monoisotopic (exact) mass is 414 g/mol. The second kappa shape index (κ2) is 8.82. The Morgan fingerprint density at radius 2 is 1.68 bits per heavy atom. The van der Waals surface area contributed by atoms with Crippen LogP contribution in [0, 0.1) is 11.3 Å². The summed E-state index contributed by atoms with van der Waals surface area (Å²) in [6.45, 7) is 2.99. The van der Waals surface area contributed by atoms with Gasteiger partial charge in [-0.25, -0.2) is 0 Å². The number of nitrogens with one attached hydrogen (secondary N) is 1. The van der Waals surface area contributed by atoms with Gasteiger partial charge in [0.1, 0.15) is 6.04 Å². The van der Waals surface area contributed by atoms with Gasteiger partial charge in [-0.15, -0.1) is 0 Å². The average Bonchev–Trinajstić information content (AvgIpc) is 3.44. The molecule has 2 saturated heterocycles. The molecule has 2 aliphatic heterocycles. The third kappa shape index (κ3) is 3.98. The van der Waals surface area contributed by atoms with Crippen LogP contribution in [0.2, 0.25) is 0 Å². The summed E-state index contributed by atoms with van der Waals surface area (Å²) < 4.78 is 0. The molecule has 0 bridgehead atoms. The molecule has 1 N–H and O–H groups in total. The van der Waals surface area contributed by atoms with Crippen molar-refractivity contribution >= 4 is 5.91 Å². The zero-order chi connectivity index (χ0) is 21.2. The lowest BCUT2D eigenvalue weighted by Gasteiger charge is -2.30. The molecule has 2 fully saturated rings. The Bertz CT molecular complexity index is 949. The van der Waals surface area contributed by atoms with Crippen molar-refractivity contribution in [3.8, 4) is 6.07 Å². The molecule has 1 unspecified atom stereocenters. The third-order valence-electron chi connectivity index (χ3n) is 7.21. The highest BCUT2D eigenvalue weighted by atomic mass is 16.2. The second-order valence-electron chi connectivity index (χ2n) is 9.04. The number of aryl methyl sites for hydroxylation is 2. The van der Waals surface area contributed by atoms with Gasteiger partial charge < -0.3 is 10.2 Å². The summed E-state index contributed by atoms with van der Waals surface area (Å²) in [7, 11) is 0. The number of hydrogen-bond acceptors (Lipinski definition) is 4. The standard InChI is InChI=1S/C26H30N4O/c27-16-22-8-5-14-30(22)25(31)17-28-21-13-15-29(18-21)26-23-9-3-1-6-19(23)11-12-20-7-2-4-10-24(20)26/h1-4,6-7,9-10,21-22,26,28H,5,8,11-15,17-18H2/t21?,22-/m0/s1. The zero-order valence-electron chi connectivity index (χ0n) is 18.0. The quantitative estimate of drug-likeness (QED) is 0.835. The smallest absolute Gasteiger partial charge is 0.237 e. The summed E-state index contributed by atoms with van der Waals surface area (Å²) in [6.07, 6.45) is 4.95. The normalized spacial score (nSPS) is 23.8. The van der Waals surface area contributed by atoms with E-state index in [1.807, 2.05) is 0 Å². The van der Waals surface area contributed by atoms with Crippen molar-refractivity contribution < 1.29 is 4.79 Å². The van der Waals surface area contributed by atoms with E-state index in [0.717, 1.165) is 45.2 Å². The Balaban J connectivity index is 1.30. The van der Waals surface area contributed by atoms with Crippen LogP contribution in [0.4, 0.5) is 0 Å². The van der Waals surface area contributed by atoms with Crippen molar-refractivity contribution in [3.63, 3.8) is 0 Å². The minimum atomic E-state index is -0.242. The molecular weight excluding hydrogens is 384 g/mol.